The Balaban J connectivity index is 2.17. The number of sulfone groups is 1. The van der Waals surface area contributed by atoms with Gasteiger partial charge in [-0.2, -0.15) is 0 Å². The Kier molecular flexibility index (Phi) is 5.95. The number of fused-ring (bicyclic) bond motifs is 1. The Morgan fingerprint density at radius 3 is 2.17 bits per heavy atom. The summed E-state index contributed by atoms with van der Waals surface area (Å²) in [6.45, 7) is 0.804. The lowest BCUT2D eigenvalue weighted by molar-refractivity contribution is 0.167. The van der Waals surface area contributed by atoms with Crippen LogP contribution in [0.25, 0.3) is 10.8 Å². The van der Waals surface area contributed by atoms with Gasteiger partial charge in [-0.05, 0) is 35.0 Å². The first-order valence-electron chi connectivity index (χ1n) is 7.42. The number of hydrogen-bond acceptors (Lipinski definition) is 6. The monoisotopic (exact) mass is 338 g/mol. The molecule has 0 spiro atoms. The molecule has 2 aromatic rings. The molecule has 4 N–H and O–H groups in total. The summed E-state index contributed by atoms with van der Waals surface area (Å²) in [6.07, 6.45) is 0. The average molecular weight is 338 g/mol. The lowest BCUT2D eigenvalue weighted by Crippen LogP contribution is -2.34. The number of nitrogen functional groups attached to an aromatic ring is 1. The molecule has 0 aliphatic rings. The van der Waals surface area contributed by atoms with E-state index in [1.807, 2.05) is 0 Å². The van der Waals surface area contributed by atoms with E-state index < -0.39 is 9.84 Å². The van der Waals surface area contributed by atoms with Crippen LogP contribution in [0, 0.1) is 0 Å². The molecule has 7 heteroatoms. The molecule has 126 valence electrons. The maximum atomic E-state index is 12.5. The normalized spacial score (nSPS) is 12.1. The van der Waals surface area contributed by atoms with E-state index in [2.05, 4.69) is 0 Å². The molecule has 0 bridgehead atoms. The minimum absolute atomic E-state index is 0.0620. The van der Waals surface area contributed by atoms with Crippen LogP contribution in [0.3, 0.4) is 0 Å². The first kappa shape index (κ1) is 17.7. The van der Waals surface area contributed by atoms with Crippen molar-refractivity contribution in [1.82, 2.24) is 4.90 Å². The molecule has 2 rings (SSSR count). The molecule has 0 aliphatic heterocycles. The van der Waals surface area contributed by atoms with Gasteiger partial charge in [0.05, 0.1) is 23.9 Å². The number of anilines is 1. The summed E-state index contributed by atoms with van der Waals surface area (Å²) in [7, 11) is -3.43. The molecule has 6 nitrogen and oxygen atoms in total. The highest BCUT2D eigenvalue weighted by Crippen LogP contribution is 2.22. The molecule has 0 unspecified atom stereocenters. The lowest BCUT2D eigenvalue weighted by atomic mass is 10.1. The van der Waals surface area contributed by atoms with Gasteiger partial charge in [0.15, 0.2) is 9.84 Å². The van der Waals surface area contributed by atoms with Crippen molar-refractivity contribution in [2.24, 2.45) is 0 Å². The van der Waals surface area contributed by atoms with E-state index in [0.29, 0.717) is 18.8 Å². The third-order valence-electron chi connectivity index (χ3n) is 3.70. The zero-order valence-electron chi connectivity index (χ0n) is 12.9. The van der Waals surface area contributed by atoms with E-state index in [1.54, 1.807) is 41.3 Å². The summed E-state index contributed by atoms with van der Waals surface area (Å²) >= 11 is 0. The van der Waals surface area contributed by atoms with Crippen molar-refractivity contribution in [2.45, 2.75) is 4.90 Å². The van der Waals surface area contributed by atoms with Crippen LogP contribution in [-0.4, -0.2) is 62.1 Å². The molecular weight excluding hydrogens is 316 g/mol. The second-order valence-corrected chi connectivity index (χ2v) is 7.49. The fraction of sp³-hybridized carbons (Fsp3) is 0.375. The fourth-order valence-corrected chi connectivity index (χ4v) is 3.74. The molecule has 23 heavy (non-hydrogen) atoms. The standard InChI is InChI=1S/C16H22N2O4S/c17-15-3-1-14-12-16(4-2-13(14)11-15)23(21,22)10-7-18(5-8-19)6-9-20/h1-4,11-12,19-20H,5-10,17H2. The molecule has 0 saturated carbocycles. The maximum absolute atomic E-state index is 12.5. The highest BCUT2D eigenvalue weighted by molar-refractivity contribution is 7.91. The molecule has 0 atom stereocenters. The largest absolute Gasteiger partial charge is 0.399 e. The quantitative estimate of drug-likeness (QED) is 0.605. The van der Waals surface area contributed by atoms with Crippen molar-refractivity contribution in [3.8, 4) is 0 Å². The molecule has 0 heterocycles. The van der Waals surface area contributed by atoms with Gasteiger partial charge >= 0.3 is 0 Å². The minimum Gasteiger partial charge on any atom is -0.399 e. The molecule has 0 aliphatic carbocycles. The first-order valence-corrected chi connectivity index (χ1v) is 9.07. The third-order valence-corrected chi connectivity index (χ3v) is 5.40. The van der Waals surface area contributed by atoms with E-state index >= 15 is 0 Å². The number of hydrogen-bond donors (Lipinski definition) is 3. The molecular formula is C16H22N2O4S. The summed E-state index contributed by atoms with van der Waals surface area (Å²) in [4.78, 5) is 1.99. The number of nitrogens with zero attached hydrogens (tertiary/aromatic N) is 1. The van der Waals surface area contributed by atoms with Gasteiger partial charge in [-0.1, -0.05) is 12.1 Å². The fourth-order valence-electron chi connectivity index (χ4n) is 2.42. The Morgan fingerprint density at radius 1 is 0.913 bits per heavy atom. The van der Waals surface area contributed by atoms with Gasteiger partial charge < -0.3 is 15.9 Å². The molecule has 0 aromatic heterocycles. The lowest BCUT2D eigenvalue weighted by Gasteiger charge is -2.19. The molecule has 0 saturated heterocycles. The molecule has 0 radical (unpaired) electrons. The van der Waals surface area contributed by atoms with Crippen molar-refractivity contribution >= 4 is 26.3 Å². The van der Waals surface area contributed by atoms with Crippen LogP contribution in [-0.2, 0) is 9.84 Å². The van der Waals surface area contributed by atoms with Gasteiger partial charge in [-0.3, -0.25) is 4.90 Å². The number of aliphatic hydroxyl groups is 2. The maximum Gasteiger partial charge on any atom is 0.179 e. The predicted molar refractivity (Wildman–Crippen MR) is 91.0 cm³/mol. The summed E-state index contributed by atoms with van der Waals surface area (Å²) in [5, 5.41) is 19.7. The second-order valence-electron chi connectivity index (χ2n) is 5.38. The Hall–Kier alpha value is -1.67. The Morgan fingerprint density at radius 2 is 1.52 bits per heavy atom. The van der Waals surface area contributed by atoms with Crippen molar-refractivity contribution in [1.29, 1.82) is 0 Å². The predicted octanol–water partition coefficient (Wildman–Crippen LogP) is 0.482. The van der Waals surface area contributed by atoms with E-state index in [4.69, 9.17) is 15.9 Å². The summed E-state index contributed by atoms with van der Waals surface area (Å²) in [6, 6.07) is 10.3. The highest BCUT2D eigenvalue weighted by atomic mass is 32.2. The Bertz CT molecular complexity index is 756. The van der Waals surface area contributed by atoms with Gasteiger partial charge in [-0.15, -0.1) is 0 Å². The van der Waals surface area contributed by atoms with Crippen molar-refractivity contribution in [3.63, 3.8) is 0 Å². The van der Waals surface area contributed by atoms with Gasteiger partial charge in [-0.25, -0.2) is 8.42 Å². The van der Waals surface area contributed by atoms with Crippen LogP contribution in [0.15, 0.2) is 41.3 Å². The van der Waals surface area contributed by atoms with Crippen molar-refractivity contribution in [2.75, 3.05) is 44.3 Å². The van der Waals surface area contributed by atoms with Gasteiger partial charge in [0, 0.05) is 25.3 Å². The SMILES string of the molecule is Nc1ccc2cc(S(=O)(=O)CCN(CCO)CCO)ccc2c1. The Labute approximate surface area is 136 Å². The van der Waals surface area contributed by atoms with E-state index in [9.17, 15) is 8.42 Å². The summed E-state index contributed by atoms with van der Waals surface area (Å²) < 4.78 is 25.0. The average Bonchev–Trinajstić information content (AvgIpc) is 2.52. The zero-order chi connectivity index (χ0) is 16.9. The van der Waals surface area contributed by atoms with Gasteiger partial charge in [0.2, 0.25) is 0 Å². The van der Waals surface area contributed by atoms with Crippen molar-refractivity contribution < 1.29 is 18.6 Å². The summed E-state index contributed by atoms with van der Waals surface area (Å²) in [5.41, 5.74) is 6.36. The summed E-state index contributed by atoms with van der Waals surface area (Å²) in [5.74, 6) is -0.0620. The van der Waals surface area contributed by atoms with Crippen LogP contribution in [0.5, 0.6) is 0 Å². The third kappa shape index (κ3) is 4.65. The minimum atomic E-state index is -3.43. The molecule has 2 aromatic carbocycles. The van der Waals surface area contributed by atoms with Crippen LogP contribution < -0.4 is 5.73 Å². The van der Waals surface area contributed by atoms with Crippen LogP contribution >= 0.6 is 0 Å². The zero-order valence-corrected chi connectivity index (χ0v) is 13.7. The highest BCUT2D eigenvalue weighted by Gasteiger charge is 2.17. The number of aliphatic hydroxyl groups excluding tert-OH is 2. The smallest absolute Gasteiger partial charge is 0.179 e. The van der Waals surface area contributed by atoms with E-state index in [0.717, 1.165) is 10.8 Å². The van der Waals surface area contributed by atoms with Crippen LogP contribution in [0.4, 0.5) is 5.69 Å². The van der Waals surface area contributed by atoms with Crippen LogP contribution in [0.1, 0.15) is 0 Å². The first-order chi connectivity index (χ1) is 11.0. The van der Waals surface area contributed by atoms with E-state index in [1.165, 1.54) is 0 Å². The second kappa shape index (κ2) is 7.74. The topological polar surface area (TPSA) is 104 Å². The number of nitrogens with two attached hydrogens (primary N) is 1. The molecule has 0 fully saturated rings. The number of benzene rings is 2. The van der Waals surface area contributed by atoms with Crippen LogP contribution in [0.2, 0.25) is 0 Å². The molecule has 0 amide bonds. The van der Waals surface area contributed by atoms with Gasteiger partial charge in [0.25, 0.3) is 0 Å². The van der Waals surface area contributed by atoms with E-state index in [-0.39, 0.29) is 30.4 Å². The number of rotatable bonds is 8. The van der Waals surface area contributed by atoms with Crippen molar-refractivity contribution in [3.05, 3.63) is 36.4 Å². The van der Waals surface area contributed by atoms with Gasteiger partial charge in [0.1, 0.15) is 0 Å².